The van der Waals surface area contributed by atoms with Gasteiger partial charge in [0, 0.05) is 25.4 Å². The maximum Gasteiger partial charge on any atom is 0.411 e. The fourth-order valence-corrected chi connectivity index (χ4v) is 2.67. The Morgan fingerprint density at radius 3 is 2.81 bits per heavy atom. The van der Waals surface area contributed by atoms with Crippen LogP contribution in [-0.4, -0.2) is 33.0 Å². The zero-order valence-corrected chi connectivity index (χ0v) is 14.1. The van der Waals surface area contributed by atoms with Gasteiger partial charge in [-0.3, -0.25) is 5.32 Å². The molecule has 7 heteroatoms. The molecular formula is C14H20IN3O3. The molecular weight excluding hydrogens is 385 g/mol. The first kappa shape index (κ1) is 16.2. The van der Waals surface area contributed by atoms with Crippen molar-refractivity contribution in [3.8, 4) is 0 Å². The summed E-state index contributed by atoms with van der Waals surface area (Å²) in [6.45, 7) is 2.63. The van der Waals surface area contributed by atoms with Crippen LogP contribution in [0.4, 0.5) is 21.9 Å². The number of hydrogen-bond donors (Lipinski definition) is 3. The molecule has 3 N–H and O–H groups in total. The second-order valence-corrected chi connectivity index (χ2v) is 5.45. The van der Waals surface area contributed by atoms with Crippen LogP contribution in [0.25, 0.3) is 0 Å². The molecule has 1 heterocycles. The summed E-state index contributed by atoms with van der Waals surface area (Å²) in [5.74, 6) is 0.647. The highest BCUT2D eigenvalue weighted by Gasteiger charge is 2.14. The molecule has 0 bridgehead atoms. The Hall–Kier alpha value is -1.22. The zero-order valence-electron chi connectivity index (χ0n) is 11.9. The Bertz CT molecular complexity index is 479. The molecule has 2 rings (SSSR count). The first-order valence-electron chi connectivity index (χ1n) is 6.90. The third-order valence-electron chi connectivity index (χ3n) is 3.48. The molecule has 0 spiro atoms. The number of halogens is 1. The Balaban J connectivity index is 1.96. The lowest BCUT2D eigenvalue weighted by molar-refractivity contribution is 0.0699. The van der Waals surface area contributed by atoms with Crippen molar-refractivity contribution < 1.29 is 14.3 Å². The van der Waals surface area contributed by atoms with Crippen LogP contribution in [0.1, 0.15) is 12.8 Å². The van der Waals surface area contributed by atoms with E-state index < -0.39 is 6.09 Å². The molecule has 0 aliphatic carbocycles. The summed E-state index contributed by atoms with van der Waals surface area (Å²) in [5, 5.41) is 6.11. The largest absolute Gasteiger partial charge is 0.453 e. The van der Waals surface area contributed by atoms with Crippen LogP contribution in [0.2, 0.25) is 0 Å². The third kappa shape index (κ3) is 4.92. The molecule has 1 aliphatic rings. The van der Waals surface area contributed by atoms with Crippen molar-refractivity contribution in [1.82, 2.24) is 0 Å². The molecule has 1 aromatic rings. The smallest absolute Gasteiger partial charge is 0.411 e. The lowest BCUT2D eigenvalue weighted by Crippen LogP contribution is -2.22. The van der Waals surface area contributed by atoms with E-state index in [9.17, 15) is 4.79 Å². The number of carbonyl (C=O) groups is 1. The Labute approximate surface area is 138 Å². The molecule has 0 atom stereocenters. The van der Waals surface area contributed by atoms with Gasteiger partial charge in [-0.25, -0.2) is 4.79 Å². The van der Waals surface area contributed by atoms with E-state index in [-0.39, 0.29) is 0 Å². The molecule has 0 unspecified atom stereocenters. The minimum Gasteiger partial charge on any atom is -0.453 e. The third-order valence-corrected chi connectivity index (χ3v) is 4.06. The molecule has 0 radical (unpaired) electrons. The highest BCUT2D eigenvalue weighted by Crippen LogP contribution is 2.28. The van der Waals surface area contributed by atoms with Crippen molar-refractivity contribution >= 4 is 46.0 Å². The van der Waals surface area contributed by atoms with Crippen molar-refractivity contribution in [1.29, 1.82) is 0 Å². The average molecular weight is 405 g/mol. The van der Waals surface area contributed by atoms with Crippen molar-refractivity contribution in [3.63, 3.8) is 0 Å². The van der Waals surface area contributed by atoms with Crippen LogP contribution in [0.3, 0.4) is 0 Å². The van der Waals surface area contributed by atoms with Gasteiger partial charge in [0.1, 0.15) is 0 Å². The van der Waals surface area contributed by atoms with E-state index in [2.05, 4.69) is 41.8 Å². The van der Waals surface area contributed by atoms with Crippen LogP contribution in [0.15, 0.2) is 18.2 Å². The van der Waals surface area contributed by atoms with Crippen LogP contribution in [-0.2, 0) is 9.47 Å². The van der Waals surface area contributed by atoms with Crippen molar-refractivity contribution in [2.45, 2.75) is 12.8 Å². The maximum atomic E-state index is 11.2. The van der Waals surface area contributed by atoms with Gasteiger partial charge in [0.05, 0.1) is 41.3 Å². The highest BCUT2D eigenvalue weighted by molar-refractivity contribution is 14.1. The number of benzene rings is 1. The quantitative estimate of drug-likeness (QED) is 0.517. The Kier molecular flexibility index (Phi) is 6.37. The van der Waals surface area contributed by atoms with Gasteiger partial charge in [-0.2, -0.15) is 0 Å². The lowest BCUT2D eigenvalue weighted by atomic mass is 10.0. The Morgan fingerprint density at radius 1 is 1.38 bits per heavy atom. The standard InChI is InChI=1S/C14H20IN3O3/c1-20-14(19)17-11-2-3-12(13(8-11)18-15)16-9-10-4-6-21-7-5-10/h2-3,8,10,16,18H,4-7,9H2,1H3,(H,17,19). The normalized spacial score (nSPS) is 15.3. The first-order valence-corrected chi connectivity index (χ1v) is 7.98. The monoisotopic (exact) mass is 405 g/mol. The zero-order chi connectivity index (χ0) is 15.1. The predicted molar refractivity (Wildman–Crippen MR) is 92.1 cm³/mol. The molecule has 0 saturated carbocycles. The van der Waals surface area contributed by atoms with E-state index in [0.717, 1.165) is 44.0 Å². The van der Waals surface area contributed by atoms with Crippen LogP contribution in [0.5, 0.6) is 0 Å². The number of rotatable bonds is 5. The number of carbonyl (C=O) groups excluding carboxylic acids is 1. The van der Waals surface area contributed by atoms with E-state index in [4.69, 9.17) is 4.74 Å². The Morgan fingerprint density at radius 2 is 2.14 bits per heavy atom. The number of hydrogen-bond acceptors (Lipinski definition) is 5. The maximum absolute atomic E-state index is 11.2. The molecule has 1 fully saturated rings. The fourth-order valence-electron chi connectivity index (χ4n) is 2.23. The minimum atomic E-state index is -0.475. The van der Waals surface area contributed by atoms with E-state index >= 15 is 0 Å². The summed E-state index contributed by atoms with van der Waals surface area (Å²) in [6.07, 6.45) is 1.72. The van der Waals surface area contributed by atoms with Crippen molar-refractivity contribution in [2.75, 3.05) is 41.0 Å². The summed E-state index contributed by atoms with van der Waals surface area (Å²) in [5.41, 5.74) is 2.64. The van der Waals surface area contributed by atoms with Gasteiger partial charge in [0.25, 0.3) is 0 Å². The summed E-state index contributed by atoms with van der Waals surface area (Å²) in [4.78, 5) is 11.2. The van der Waals surface area contributed by atoms with E-state index in [0.29, 0.717) is 11.6 Å². The van der Waals surface area contributed by atoms with E-state index in [1.165, 1.54) is 7.11 Å². The molecule has 21 heavy (non-hydrogen) atoms. The molecule has 6 nitrogen and oxygen atoms in total. The molecule has 0 aromatic heterocycles. The van der Waals surface area contributed by atoms with Gasteiger partial charge in [-0.15, -0.1) is 0 Å². The SMILES string of the molecule is COC(=O)Nc1ccc(NCC2CCOCC2)c(NI)c1. The highest BCUT2D eigenvalue weighted by atomic mass is 127. The molecule has 1 aliphatic heterocycles. The van der Waals surface area contributed by atoms with Gasteiger partial charge in [0.2, 0.25) is 0 Å². The van der Waals surface area contributed by atoms with E-state index in [1.54, 1.807) is 0 Å². The van der Waals surface area contributed by atoms with Crippen LogP contribution in [0, 0.1) is 5.92 Å². The van der Waals surface area contributed by atoms with Gasteiger partial charge < -0.3 is 18.3 Å². The predicted octanol–water partition coefficient (Wildman–Crippen LogP) is 3.47. The number of amides is 1. The second-order valence-electron chi connectivity index (χ2n) is 4.91. The van der Waals surface area contributed by atoms with Crippen molar-refractivity contribution in [2.24, 2.45) is 5.92 Å². The second kappa shape index (κ2) is 8.28. The van der Waals surface area contributed by atoms with Gasteiger partial charge in [-0.05, 0) is 37.0 Å². The van der Waals surface area contributed by atoms with Crippen molar-refractivity contribution in [3.05, 3.63) is 18.2 Å². The topological polar surface area (TPSA) is 71.6 Å². The molecule has 1 aromatic carbocycles. The number of anilines is 3. The number of nitrogens with one attached hydrogen (secondary N) is 3. The number of methoxy groups -OCH3 is 1. The number of ether oxygens (including phenoxy) is 2. The lowest BCUT2D eigenvalue weighted by Gasteiger charge is -2.23. The fraction of sp³-hybridized carbons (Fsp3) is 0.500. The summed E-state index contributed by atoms with van der Waals surface area (Å²) >= 11 is 2.08. The van der Waals surface area contributed by atoms with Crippen LogP contribution >= 0.6 is 22.9 Å². The van der Waals surface area contributed by atoms with Gasteiger partial charge >= 0.3 is 6.09 Å². The minimum absolute atomic E-state index is 0.475. The molecule has 116 valence electrons. The summed E-state index contributed by atoms with van der Waals surface area (Å²) in [7, 11) is 1.34. The van der Waals surface area contributed by atoms with Crippen LogP contribution < -0.4 is 14.2 Å². The molecule has 1 amide bonds. The molecule has 1 saturated heterocycles. The van der Waals surface area contributed by atoms with E-state index in [1.807, 2.05) is 18.2 Å². The average Bonchev–Trinajstić information content (AvgIpc) is 2.54. The van der Waals surface area contributed by atoms with Gasteiger partial charge in [0.15, 0.2) is 0 Å². The van der Waals surface area contributed by atoms with Gasteiger partial charge in [-0.1, -0.05) is 0 Å². The summed E-state index contributed by atoms with van der Waals surface area (Å²) in [6, 6.07) is 5.67. The summed E-state index contributed by atoms with van der Waals surface area (Å²) < 4.78 is 13.1. The first-order chi connectivity index (χ1) is 10.2.